The van der Waals surface area contributed by atoms with Gasteiger partial charge in [0.05, 0.1) is 18.2 Å². The molecule has 1 aromatic rings. The van der Waals surface area contributed by atoms with Crippen molar-refractivity contribution in [2.24, 2.45) is 0 Å². The third-order valence-corrected chi connectivity index (χ3v) is 3.27. The number of pyridine rings is 1. The average Bonchev–Trinajstić information content (AvgIpc) is 2.18. The molecule has 0 aliphatic heterocycles. The molecule has 0 aliphatic rings. The normalized spacial score (nSPS) is 10.4. The van der Waals surface area contributed by atoms with Crippen molar-refractivity contribution < 1.29 is 8.78 Å². The van der Waals surface area contributed by atoms with Crippen LogP contribution in [0.5, 0.6) is 0 Å². The van der Waals surface area contributed by atoms with Gasteiger partial charge in [0.25, 0.3) is 6.43 Å². The predicted octanol–water partition coefficient (Wildman–Crippen LogP) is 3.58. The predicted molar refractivity (Wildman–Crippen MR) is 63.9 cm³/mol. The third-order valence-electron chi connectivity index (χ3n) is 1.80. The molecule has 6 heteroatoms. The van der Waals surface area contributed by atoms with Crippen molar-refractivity contribution in [2.45, 2.75) is 18.2 Å². The summed E-state index contributed by atoms with van der Waals surface area (Å²) in [5.41, 5.74) is 1.13. The van der Waals surface area contributed by atoms with Gasteiger partial charge in [-0.1, -0.05) is 15.9 Å². The van der Waals surface area contributed by atoms with E-state index in [1.807, 2.05) is 6.07 Å². The molecule has 0 saturated carbocycles. The minimum absolute atomic E-state index is 0.0771. The highest BCUT2D eigenvalue weighted by Crippen LogP contribution is 2.26. The van der Waals surface area contributed by atoms with E-state index in [9.17, 15) is 8.78 Å². The van der Waals surface area contributed by atoms with Crippen LogP contribution in [0.2, 0.25) is 0 Å². The summed E-state index contributed by atoms with van der Waals surface area (Å²) in [6.45, 7) is 0. The van der Waals surface area contributed by atoms with Gasteiger partial charge in [0.15, 0.2) is 0 Å². The maximum absolute atomic E-state index is 12.5. The zero-order chi connectivity index (χ0) is 11.4. The van der Waals surface area contributed by atoms with Crippen LogP contribution in [-0.2, 0) is 11.8 Å². The van der Waals surface area contributed by atoms with Crippen LogP contribution in [0.25, 0.3) is 0 Å². The highest BCUT2D eigenvalue weighted by molar-refractivity contribution is 14.1. The van der Waals surface area contributed by atoms with E-state index in [1.165, 1.54) is 6.07 Å². The lowest BCUT2D eigenvalue weighted by atomic mass is 10.1. The van der Waals surface area contributed by atoms with E-state index in [2.05, 4.69) is 20.9 Å². The van der Waals surface area contributed by atoms with Gasteiger partial charge >= 0.3 is 0 Å². The zero-order valence-corrected chi connectivity index (χ0v) is 11.2. The van der Waals surface area contributed by atoms with Crippen molar-refractivity contribution in [1.82, 2.24) is 4.98 Å². The second-order valence-corrected chi connectivity index (χ2v) is 4.33. The van der Waals surface area contributed by atoms with Gasteiger partial charge in [-0.2, -0.15) is 5.26 Å². The fraction of sp³-hybridized carbons (Fsp3) is 0.333. The molecular formula is C9H6BrF2IN2. The number of hydrogen-bond acceptors (Lipinski definition) is 2. The number of nitrogens with zero attached hydrogens (tertiary/aromatic N) is 2. The van der Waals surface area contributed by atoms with Crippen LogP contribution < -0.4 is 0 Å². The summed E-state index contributed by atoms with van der Waals surface area (Å²) >= 11 is 4.95. The van der Waals surface area contributed by atoms with E-state index in [4.69, 9.17) is 5.26 Å². The van der Waals surface area contributed by atoms with Gasteiger partial charge in [-0.25, -0.2) is 13.8 Å². The molecule has 2 nitrogen and oxygen atoms in total. The molecule has 15 heavy (non-hydrogen) atoms. The van der Waals surface area contributed by atoms with Crippen molar-refractivity contribution >= 4 is 38.5 Å². The maximum atomic E-state index is 12.5. The van der Waals surface area contributed by atoms with Gasteiger partial charge in [-0.3, -0.25) is 0 Å². The summed E-state index contributed by atoms with van der Waals surface area (Å²) in [6, 6.07) is 3.36. The molecule has 0 N–H and O–H groups in total. The monoisotopic (exact) mass is 386 g/mol. The Hall–Kier alpha value is -0.290. The second kappa shape index (κ2) is 5.70. The van der Waals surface area contributed by atoms with Crippen molar-refractivity contribution in [3.63, 3.8) is 0 Å². The molecule has 1 rings (SSSR count). The molecule has 80 valence electrons. The van der Waals surface area contributed by atoms with E-state index < -0.39 is 6.43 Å². The van der Waals surface area contributed by atoms with Crippen molar-refractivity contribution in [2.75, 3.05) is 0 Å². The van der Waals surface area contributed by atoms with Crippen LogP contribution >= 0.6 is 38.5 Å². The lowest BCUT2D eigenvalue weighted by molar-refractivity contribution is 0.149. The van der Waals surface area contributed by atoms with E-state index in [-0.39, 0.29) is 15.7 Å². The van der Waals surface area contributed by atoms with Crippen molar-refractivity contribution in [3.8, 4) is 6.07 Å². The summed E-state index contributed by atoms with van der Waals surface area (Å²) in [7, 11) is 0. The summed E-state index contributed by atoms with van der Waals surface area (Å²) in [6.07, 6.45) is -2.39. The molecule has 0 fully saturated rings. The number of aromatic nitrogens is 1. The number of halogens is 4. The molecule has 0 aromatic carbocycles. The summed E-state index contributed by atoms with van der Waals surface area (Å²) < 4.78 is 25.3. The summed E-state index contributed by atoms with van der Waals surface area (Å²) in [4.78, 5) is 4.01. The van der Waals surface area contributed by atoms with Crippen LogP contribution in [-0.4, -0.2) is 4.98 Å². The molecule has 1 aromatic heterocycles. The third kappa shape index (κ3) is 3.08. The zero-order valence-electron chi connectivity index (χ0n) is 7.48. The molecule has 0 amide bonds. The van der Waals surface area contributed by atoms with Crippen molar-refractivity contribution in [1.29, 1.82) is 5.26 Å². The molecule has 0 unspecified atom stereocenters. The van der Waals surface area contributed by atoms with Crippen LogP contribution in [0.4, 0.5) is 8.78 Å². The molecule has 1 heterocycles. The number of hydrogen-bond donors (Lipinski definition) is 0. The first-order chi connectivity index (χ1) is 7.10. The first-order valence-corrected chi connectivity index (χ1v) is 6.19. The molecular weight excluding hydrogens is 381 g/mol. The number of nitriles is 1. The Kier molecular flexibility index (Phi) is 4.86. The second-order valence-electron chi connectivity index (χ2n) is 2.74. The Balaban J connectivity index is 3.24. The van der Waals surface area contributed by atoms with Gasteiger partial charge < -0.3 is 0 Å². The SMILES string of the molecule is N#CCc1nc(I)c(C(F)F)cc1CBr. The molecule has 0 atom stereocenters. The first-order valence-electron chi connectivity index (χ1n) is 3.99. The summed E-state index contributed by atoms with van der Waals surface area (Å²) in [5.74, 6) is 0. The number of alkyl halides is 3. The fourth-order valence-corrected chi connectivity index (χ4v) is 2.25. The largest absolute Gasteiger partial charge is 0.266 e. The Morgan fingerprint density at radius 3 is 2.73 bits per heavy atom. The Morgan fingerprint density at radius 1 is 1.60 bits per heavy atom. The highest BCUT2D eigenvalue weighted by atomic mass is 127. The highest BCUT2D eigenvalue weighted by Gasteiger charge is 2.16. The lowest BCUT2D eigenvalue weighted by Crippen LogP contribution is -2.02. The van der Waals surface area contributed by atoms with E-state index in [0.717, 1.165) is 0 Å². The minimum atomic E-state index is -2.53. The van der Waals surface area contributed by atoms with Crippen LogP contribution in [0.1, 0.15) is 23.2 Å². The molecule has 0 spiro atoms. The lowest BCUT2D eigenvalue weighted by Gasteiger charge is -2.08. The first kappa shape index (κ1) is 12.8. The van der Waals surface area contributed by atoms with Crippen LogP contribution in [0.15, 0.2) is 6.07 Å². The quantitative estimate of drug-likeness (QED) is 0.452. The van der Waals surface area contributed by atoms with Gasteiger partial charge in [0, 0.05) is 10.9 Å². The molecule has 0 aliphatic carbocycles. The number of rotatable bonds is 3. The van der Waals surface area contributed by atoms with Gasteiger partial charge in [0.1, 0.15) is 3.70 Å². The van der Waals surface area contributed by atoms with Crippen LogP contribution in [0, 0.1) is 15.0 Å². The van der Waals surface area contributed by atoms with Crippen LogP contribution in [0.3, 0.4) is 0 Å². The average molecular weight is 387 g/mol. The summed E-state index contributed by atoms with van der Waals surface area (Å²) in [5, 5.41) is 8.98. The Morgan fingerprint density at radius 2 is 2.27 bits per heavy atom. The minimum Gasteiger partial charge on any atom is -0.245 e. The van der Waals surface area contributed by atoms with Gasteiger partial charge in [-0.05, 0) is 34.2 Å². The van der Waals surface area contributed by atoms with E-state index in [1.54, 1.807) is 22.6 Å². The Bertz CT molecular complexity index is 404. The van der Waals surface area contributed by atoms with Gasteiger partial charge in [-0.15, -0.1) is 0 Å². The van der Waals surface area contributed by atoms with Crippen molar-refractivity contribution in [3.05, 3.63) is 26.6 Å². The maximum Gasteiger partial charge on any atom is 0.266 e. The van der Waals surface area contributed by atoms with E-state index in [0.29, 0.717) is 16.6 Å². The topological polar surface area (TPSA) is 36.7 Å². The fourth-order valence-electron chi connectivity index (χ4n) is 1.08. The molecule has 0 saturated heterocycles. The standard InChI is InChI=1S/C9H6BrF2IN2/c10-4-5-3-6(8(11)12)9(13)15-7(5)1-2-14/h3,8H,1,4H2. The molecule has 0 bridgehead atoms. The van der Waals surface area contributed by atoms with E-state index >= 15 is 0 Å². The smallest absolute Gasteiger partial charge is 0.245 e. The molecule has 0 radical (unpaired) electrons. The van der Waals surface area contributed by atoms with Gasteiger partial charge in [0.2, 0.25) is 0 Å². The Labute approximate surface area is 108 Å².